The molecule has 5 aromatic rings. The summed E-state index contributed by atoms with van der Waals surface area (Å²) in [5.41, 5.74) is 12.3. The van der Waals surface area contributed by atoms with Crippen molar-refractivity contribution in [1.29, 1.82) is 0 Å². The summed E-state index contributed by atoms with van der Waals surface area (Å²) >= 11 is 0. The highest BCUT2D eigenvalue weighted by Crippen LogP contribution is 2.32. The molecule has 0 bridgehead atoms. The Kier molecular flexibility index (Phi) is 55.7. The van der Waals surface area contributed by atoms with E-state index < -0.39 is 17.1 Å². The van der Waals surface area contributed by atoms with E-state index in [1.54, 1.807) is 0 Å². The average molecular weight is 1430 g/mol. The van der Waals surface area contributed by atoms with Gasteiger partial charge in [-0.2, -0.15) is 0 Å². The van der Waals surface area contributed by atoms with Crippen LogP contribution in [0, 0.1) is 54.4 Å². The van der Waals surface area contributed by atoms with E-state index in [0.717, 1.165) is 135 Å². The lowest BCUT2D eigenvalue weighted by atomic mass is 9.84. The van der Waals surface area contributed by atoms with Crippen LogP contribution in [0.1, 0.15) is 349 Å². The lowest BCUT2D eigenvalue weighted by Crippen LogP contribution is -2.54. The molecule has 582 valence electrons. The molecular formula is C90H150N6O7. The Morgan fingerprint density at radius 1 is 0.369 bits per heavy atom. The second kappa shape index (κ2) is 60.7. The van der Waals surface area contributed by atoms with E-state index in [2.05, 4.69) is 192 Å². The highest BCUT2D eigenvalue weighted by molar-refractivity contribution is 5.93. The van der Waals surface area contributed by atoms with Gasteiger partial charge in [0.2, 0.25) is 0 Å². The fourth-order valence-corrected chi connectivity index (χ4v) is 12.4. The van der Waals surface area contributed by atoms with Gasteiger partial charge in [-0.1, -0.05) is 343 Å². The third-order valence-corrected chi connectivity index (χ3v) is 19.3. The smallest absolute Gasteiger partial charge is 0.336 e. The molecule has 0 aliphatic carbocycles. The predicted octanol–water partition coefficient (Wildman–Crippen LogP) is 23.6. The number of aryl methyl sites for hydroxylation is 6. The predicted molar refractivity (Wildman–Crippen MR) is 440 cm³/mol. The maximum Gasteiger partial charge on any atom is 0.336 e. The number of hydrogen-bond acceptors (Lipinski definition) is 7. The molecule has 0 radical (unpaired) electrons. The van der Waals surface area contributed by atoms with E-state index in [1.165, 1.54) is 164 Å². The number of urea groups is 2. The first-order valence-corrected chi connectivity index (χ1v) is 41.4. The van der Waals surface area contributed by atoms with Gasteiger partial charge in [0.05, 0.1) is 12.5 Å². The molecule has 1 aromatic heterocycles. The molecule has 13 heteroatoms. The zero-order valence-electron chi connectivity index (χ0n) is 68.6. The number of rotatable bonds is 46. The quantitative estimate of drug-likeness (QED) is 0.0223. The van der Waals surface area contributed by atoms with Crippen molar-refractivity contribution in [2.75, 3.05) is 26.2 Å². The van der Waals surface area contributed by atoms with Gasteiger partial charge in [0.15, 0.2) is 0 Å². The molecule has 4 amide bonds. The minimum atomic E-state index is -0.418. The summed E-state index contributed by atoms with van der Waals surface area (Å²) < 4.78 is 8.98. The minimum absolute atomic E-state index is 0.0297. The van der Waals surface area contributed by atoms with Gasteiger partial charge in [-0.25, -0.2) is 42.6 Å². The van der Waals surface area contributed by atoms with E-state index in [4.69, 9.17) is 4.74 Å². The van der Waals surface area contributed by atoms with Crippen molar-refractivity contribution in [3.05, 3.63) is 172 Å². The first kappa shape index (κ1) is 94.5. The molecule has 1 heterocycles. The fraction of sp³-hybridized carbons (Fsp3) is 0.667. The van der Waals surface area contributed by atoms with Crippen LogP contribution in [0.4, 0.5) is 9.59 Å². The van der Waals surface area contributed by atoms with Crippen molar-refractivity contribution in [3.8, 4) is 0 Å². The summed E-state index contributed by atoms with van der Waals surface area (Å²) in [5.74, 6) is 0.345. The summed E-state index contributed by atoms with van der Waals surface area (Å²) in [5, 5.41) is 5.87. The largest absolute Gasteiger partial charge is 0.465 e. The summed E-state index contributed by atoms with van der Waals surface area (Å²) in [7, 11) is 0. The molecular weight excluding hydrogens is 1280 g/mol. The Hall–Kier alpha value is -6.50. The molecule has 5 rings (SSSR count). The monoisotopic (exact) mass is 1430 g/mol. The molecule has 0 aliphatic rings. The van der Waals surface area contributed by atoms with Crippen LogP contribution in [0.25, 0.3) is 0 Å². The molecule has 103 heavy (non-hydrogen) atoms. The zero-order chi connectivity index (χ0) is 76.4. The van der Waals surface area contributed by atoms with Gasteiger partial charge in [0, 0.05) is 45.2 Å². The van der Waals surface area contributed by atoms with Crippen molar-refractivity contribution in [3.63, 3.8) is 0 Å². The number of carbonyl (C=O) groups is 3. The molecule has 0 saturated carbocycles. The molecule has 13 nitrogen and oxygen atoms in total. The van der Waals surface area contributed by atoms with Gasteiger partial charge in [0.1, 0.15) is 0 Å². The highest BCUT2D eigenvalue weighted by Gasteiger charge is 2.22. The number of imide groups is 1. The molecule has 2 N–H and O–H groups in total. The highest BCUT2D eigenvalue weighted by atomic mass is 16.5. The number of unbranched alkanes of at least 4 members (excludes halogenated alkanes) is 26. The number of aromatic nitrogens is 3. The van der Waals surface area contributed by atoms with Crippen molar-refractivity contribution in [2.45, 2.75) is 361 Å². The zero-order valence-corrected chi connectivity index (χ0v) is 68.6. The Bertz CT molecular complexity index is 2860. The van der Waals surface area contributed by atoms with Crippen LogP contribution in [0.5, 0.6) is 0 Å². The van der Waals surface area contributed by atoms with Crippen LogP contribution in [0.3, 0.4) is 0 Å². The third-order valence-electron chi connectivity index (χ3n) is 19.3. The number of nitrogens with zero attached hydrogens (tertiary/aromatic N) is 4. The maximum absolute atomic E-state index is 12.9. The number of nitrogens with one attached hydrogen (secondary N) is 2. The van der Waals surface area contributed by atoms with Gasteiger partial charge >= 0.3 is 35.1 Å². The van der Waals surface area contributed by atoms with Crippen molar-refractivity contribution < 1.29 is 19.1 Å². The number of hydrogen-bond donors (Lipinski definition) is 2. The normalized spacial score (nSPS) is 11.1. The molecule has 4 aromatic carbocycles. The Morgan fingerprint density at radius 3 is 0.971 bits per heavy atom. The maximum atomic E-state index is 12.9. The van der Waals surface area contributed by atoms with Gasteiger partial charge in [-0.05, 0) is 133 Å². The Labute approximate surface area is 628 Å². The van der Waals surface area contributed by atoms with Gasteiger partial charge in [-0.3, -0.25) is 4.79 Å². The molecule has 1 atom stereocenters. The van der Waals surface area contributed by atoms with Crippen LogP contribution in [-0.4, -0.2) is 62.9 Å². The van der Waals surface area contributed by atoms with Gasteiger partial charge in [0.25, 0.3) is 0 Å². The summed E-state index contributed by atoms with van der Waals surface area (Å²) in [6.45, 7) is 37.9. The third kappa shape index (κ3) is 42.3. The van der Waals surface area contributed by atoms with Crippen LogP contribution in [0.2, 0.25) is 0 Å². The first-order chi connectivity index (χ1) is 49.7. The van der Waals surface area contributed by atoms with E-state index in [1.807, 2.05) is 13.8 Å². The molecule has 0 fully saturated rings. The van der Waals surface area contributed by atoms with Crippen LogP contribution in [0.15, 0.2) is 99.3 Å². The number of carbonyl (C=O) groups excluding carboxylic acids is 3. The minimum Gasteiger partial charge on any atom is -0.465 e. The van der Waals surface area contributed by atoms with Crippen LogP contribution < -0.4 is 27.7 Å². The molecule has 0 aliphatic heterocycles. The second-order valence-corrected chi connectivity index (χ2v) is 29.2. The van der Waals surface area contributed by atoms with E-state index in [9.17, 15) is 28.8 Å². The van der Waals surface area contributed by atoms with Gasteiger partial charge in [-0.15, -0.1) is 0 Å². The summed E-state index contributed by atoms with van der Waals surface area (Å²) in [6.07, 6.45) is 38.4. The fourth-order valence-electron chi connectivity index (χ4n) is 12.4. The number of esters is 1. The van der Waals surface area contributed by atoms with E-state index >= 15 is 0 Å². The topological polar surface area (TPSA) is 154 Å². The van der Waals surface area contributed by atoms with E-state index in [-0.39, 0.29) is 23.9 Å². The number of amides is 4. The van der Waals surface area contributed by atoms with Crippen molar-refractivity contribution in [2.24, 2.45) is 5.92 Å². The first-order valence-electron chi connectivity index (χ1n) is 41.4. The Balaban J connectivity index is 0.000000674. The Morgan fingerprint density at radius 2 is 0.660 bits per heavy atom. The SMILES string of the molecule is CCCCCC(C)C(=O)OCCC.CCCCCCCNC(=O)N(CCCCCCC)C(=O)NCCCCCCC.CCCCCCCn1c(=O)n(CCCCCCC)c(=O)n(CCCCCCC)c1=O.Cc1cc(C)c(C)c(C)c1.Cc1ccc(C(c2ccc(C)cc2)c2ccc(C)cc2)cc1. The van der Waals surface area contributed by atoms with Crippen LogP contribution in [-0.2, 0) is 29.2 Å². The lowest BCUT2D eigenvalue weighted by molar-refractivity contribution is -0.148. The van der Waals surface area contributed by atoms with E-state index in [0.29, 0.717) is 51.8 Å². The van der Waals surface area contributed by atoms with Gasteiger partial charge < -0.3 is 15.4 Å². The standard InChI is InChI=1S/C24H45N3O3.C23H47N3O2.C22H22.C11H22O2.C10H14/c1-4-7-10-13-16-19-25-22(28)26(20-17-14-11-8-5-2)24(30)27(23(25)29)21-18-15-12-9-6-3;1-4-7-10-13-16-19-24-22(27)26(21-18-15-12-9-6-3)23(28)25-20-17-14-11-8-5-2;1-16-4-10-19(11-5-16)22(20-12-6-17(2)7-13-20)21-14-8-18(3)9-15-21;1-4-6-7-8-10(3)11(12)13-9-5-2;1-7-5-8(2)10(4)9(3)6-7/h4-21H2,1-3H3;4-21H2,1-3H3,(H,24,27)(H,25,28);4-15,22H,1-3H3;10H,4-9H2,1-3H3;5-6H,1-4H3. The summed E-state index contributed by atoms with van der Waals surface area (Å²) in [6, 6.07) is 30.7. The molecule has 1 unspecified atom stereocenters. The summed E-state index contributed by atoms with van der Waals surface area (Å²) in [4.78, 5) is 76.5. The lowest BCUT2D eigenvalue weighted by Gasteiger charge is -2.22. The average Bonchev–Trinajstić information content (AvgIpc) is 0.794. The van der Waals surface area contributed by atoms with Crippen molar-refractivity contribution in [1.82, 2.24) is 29.2 Å². The number of benzene rings is 4. The van der Waals surface area contributed by atoms with Crippen molar-refractivity contribution >= 4 is 18.0 Å². The van der Waals surface area contributed by atoms with Crippen LogP contribution >= 0.6 is 0 Å². The number of ether oxygens (including phenoxy) is 1. The molecule has 0 saturated heterocycles. The molecule has 0 spiro atoms. The second-order valence-electron chi connectivity index (χ2n) is 29.2.